The molecule has 2 aromatic carbocycles. The van der Waals surface area contributed by atoms with Crippen LogP contribution in [0.3, 0.4) is 0 Å². The molecule has 0 unspecified atom stereocenters. The average Bonchev–Trinajstić information content (AvgIpc) is 2.56. The molecule has 0 fully saturated rings. The SMILES string of the molecule is CC(=O)c1ccc(NC(=O)CCNc2cc(C(F)(F)F)ccc2Cl)cc1. The number of ketones is 1. The van der Waals surface area contributed by atoms with Crippen molar-refractivity contribution in [1.29, 1.82) is 0 Å². The Bertz CT molecular complexity index is 805. The molecule has 8 heteroatoms. The fraction of sp³-hybridized carbons (Fsp3) is 0.222. The molecule has 0 spiro atoms. The van der Waals surface area contributed by atoms with Crippen molar-refractivity contribution in [3.8, 4) is 0 Å². The number of amides is 1. The first-order valence-electron chi connectivity index (χ1n) is 7.68. The molecular formula is C18H16ClF3N2O2. The first kappa shape index (κ1) is 19.8. The number of rotatable bonds is 6. The van der Waals surface area contributed by atoms with Gasteiger partial charge in [0.1, 0.15) is 0 Å². The summed E-state index contributed by atoms with van der Waals surface area (Å²) >= 11 is 5.87. The third-order valence-electron chi connectivity index (χ3n) is 3.54. The van der Waals surface area contributed by atoms with E-state index < -0.39 is 11.7 Å². The normalized spacial score (nSPS) is 11.1. The largest absolute Gasteiger partial charge is 0.416 e. The lowest BCUT2D eigenvalue weighted by molar-refractivity contribution is -0.137. The molecule has 0 radical (unpaired) electrons. The summed E-state index contributed by atoms with van der Waals surface area (Å²) in [5.41, 5.74) is 0.348. The van der Waals surface area contributed by atoms with Gasteiger partial charge in [-0.3, -0.25) is 9.59 Å². The van der Waals surface area contributed by atoms with Crippen LogP contribution in [-0.4, -0.2) is 18.2 Å². The van der Waals surface area contributed by atoms with E-state index >= 15 is 0 Å². The summed E-state index contributed by atoms with van der Waals surface area (Å²) in [6.07, 6.45) is -4.44. The second kappa shape index (κ2) is 8.23. The van der Waals surface area contributed by atoms with Gasteiger partial charge in [-0.25, -0.2) is 0 Å². The van der Waals surface area contributed by atoms with Crippen LogP contribution >= 0.6 is 11.6 Å². The van der Waals surface area contributed by atoms with E-state index in [2.05, 4.69) is 10.6 Å². The van der Waals surface area contributed by atoms with Crippen LogP contribution in [0.5, 0.6) is 0 Å². The highest BCUT2D eigenvalue weighted by Crippen LogP contribution is 2.33. The Morgan fingerprint density at radius 1 is 1.08 bits per heavy atom. The van der Waals surface area contributed by atoms with Crippen molar-refractivity contribution in [1.82, 2.24) is 0 Å². The van der Waals surface area contributed by atoms with Crippen molar-refractivity contribution < 1.29 is 22.8 Å². The third kappa shape index (κ3) is 5.49. The number of anilines is 2. The lowest BCUT2D eigenvalue weighted by atomic mass is 10.1. The zero-order chi connectivity index (χ0) is 19.3. The summed E-state index contributed by atoms with van der Waals surface area (Å²) in [6, 6.07) is 9.35. The molecule has 0 aliphatic carbocycles. The van der Waals surface area contributed by atoms with Crippen LogP contribution < -0.4 is 10.6 Å². The van der Waals surface area contributed by atoms with E-state index in [0.717, 1.165) is 18.2 Å². The van der Waals surface area contributed by atoms with E-state index in [1.54, 1.807) is 24.3 Å². The number of Topliss-reactive ketones (excluding diaryl/α,β-unsaturated/α-hetero) is 1. The highest BCUT2D eigenvalue weighted by atomic mass is 35.5. The summed E-state index contributed by atoms with van der Waals surface area (Å²) in [4.78, 5) is 23.1. The molecule has 4 nitrogen and oxygen atoms in total. The van der Waals surface area contributed by atoms with E-state index in [4.69, 9.17) is 11.6 Å². The second-order valence-electron chi connectivity index (χ2n) is 5.55. The minimum absolute atomic E-state index is 0.0288. The first-order chi connectivity index (χ1) is 12.2. The quantitative estimate of drug-likeness (QED) is 0.689. The maximum Gasteiger partial charge on any atom is 0.416 e. The molecule has 0 heterocycles. The van der Waals surface area contributed by atoms with Gasteiger partial charge in [0.2, 0.25) is 5.91 Å². The van der Waals surface area contributed by atoms with Crippen molar-refractivity contribution in [3.63, 3.8) is 0 Å². The monoisotopic (exact) mass is 384 g/mol. The van der Waals surface area contributed by atoms with E-state index in [9.17, 15) is 22.8 Å². The summed E-state index contributed by atoms with van der Waals surface area (Å²) < 4.78 is 38.1. The van der Waals surface area contributed by atoms with E-state index in [0.29, 0.717) is 11.3 Å². The zero-order valence-corrected chi connectivity index (χ0v) is 14.5. The lowest BCUT2D eigenvalue weighted by Crippen LogP contribution is -2.16. The number of halogens is 4. The molecule has 26 heavy (non-hydrogen) atoms. The topological polar surface area (TPSA) is 58.2 Å². The number of carbonyl (C=O) groups excluding carboxylic acids is 2. The van der Waals surface area contributed by atoms with Gasteiger partial charge in [-0.05, 0) is 49.4 Å². The maximum atomic E-state index is 12.7. The van der Waals surface area contributed by atoms with Gasteiger partial charge in [-0.2, -0.15) is 13.2 Å². The van der Waals surface area contributed by atoms with Crippen molar-refractivity contribution in [3.05, 3.63) is 58.6 Å². The molecule has 2 N–H and O–H groups in total. The Kier molecular flexibility index (Phi) is 6.26. The minimum atomic E-state index is -4.47. The molecule has 0 aliphatic rings. The molecule has 1 amide bonds. The number of nitrogens with one attached hydrogen (secondary N) is 2. The van der Waals surface area contributed by atoms with E-state index in [1.807, 2.05) is 0 Å². The van der Waals surface area contributed by atoms with Gasteiger partial charge >= 0.3 is 6.18 Å². The Hall–Kier alpha value is -2.54. The molecule has 0 saturated carbocycles. The van der Waals surface area contributed by atoms with Crippen LogP contribution in [0.4, 0.5) is 24.5 Å². The Morgan fingerprint density at radius 3 is 2.31 bits per heavy atom. The van der Waals surface area contributed by atoms with Crippen molar-refractivity contribution in [2.24, 2.45) is 0 Å². The van der Waals surface area contributed by atoms with Crippen LogP contribution in [0, 0.1) is 0 Å². The highest BCUT2D eigenvalue weighted by Gasteiger charge is 2.30. The molecule has 0 aromatic heterocycles. The Balaban J connectivity index is 1.89. The van der Waals surface area contributed by atoms with Gasteiger partial charge in [0, 0.05) is 24.2 Å². The fourth-order valence-electron chi connectivity index (χ4n) is 2.16. The van der Waals surface area contributed by atoms with Crippen LogP contribution in [0.1, 0.15) is 29.3 Å². The third-order valence-corrected chi connectivity index (χ3v) is 3.87. The zero-order valence-electron chi connectivity index (χ0n) is 13.8. The van der Waals surface area contributed by atoms with Crippen LogP contribution in [0.2, 0.25) is 5.02 Å². The lowest BCUT2D eigenvalue weighted by Gasteiger charge is -2.12. The second-order valence-corrected chi connectivity index (χ2v) is 5.96. The average molecular weight is 385 g/mol. The smallest absolute Gasteiger partial charge is 0.383 e. The predicted octanol–water partition coefficient (Wildman–Crippen LogP) is 5.00. The molecule has 0 atom stereocenters. The molecule has 138 valence electrons. The molecule has 0 saturated heterocycles. The number of hydrogen-bond donors (Lipinski definition) is 2. The van der Waals surface area contributed by atoms with Gasteiger partial charge < -0.3 is 10.6 Å². The number of carbonyl (C=O) groups is 2. The first-order valence-corrected chi connectivity index (χ1v) is 8.06. The van der Waals surface area contributed by atoms with Gasteiger partial charge in [0.25, 0.3) is 0 Å². The summed E-state index contributed by atoms with van der Waals surface area (Å²) in [6.45, 7) is 1.55. The Morgan fingerprint density at radius 2 is 1.73 bits per heavy atom. The minimum Gasteiger partial charge on any atom is -0.383 e. The standard InChI is InChI=1S/C18H16ClF3N2O2/c1-11(25)12-2-5-14(6-3-12)24-17(26)8-9-23-16-10-13(18(20,21)22)4-7-15(16)19/h2-7,10,23H,8-9H2,1H3,(H,24,26). The van der Waals surface area contributed by atoms with Crippen molar-refractivity contribution in [2.45, 2.75) is 19.5 Å². The van der Waals surface area contributed by atoms with Crippen LogP contribution in [0.25, 0.3) is 0 Å². The van der Waals surface area contributed by atoms with Crippen molar-refractivity contribution in [2.75, 3.05) is 17.2 Å². The Labute approximate surface area is 153 Å². The number of alkyl halides is 3. The molecular weight excluding hydrogens is 369 g/mol. The molecule has 0 bridgehead atoms. The van der Waals surface area contributed by atoms with E-state index in [-0.39, 0.29) is 35.4 Å². The highest BCUT2D eigenvalue weighted by molar-refractivity contribution is 6.33. The van der Waals surface area contributed by atoms with E-state index in [1.165, 1.54) is 6.92 Å². The van der Waals surface area contributed by atoms with Gasteiger partial charge in [0.15, 0.2) is 5.78 Å². The van der Waals surface area contributed by atoms with Crippen LogP contribution in [0.15, 0.2) is 42.5 Å². The van der Waals surface area contributed by atoms with Gasteiger partial charge in [0.05, 0.1) is 16.3 Å². The summed E-state index contributed by atoms with van der Waals surface area (Å²) in [5.74, 6) is -0.402. The van der Waals surface area contributed by atoms with Crippen LogP contribution in [-0.2, 0) is 11.0 Å². The maximum absolute atomic E-state index is 12.7. The molecule has 2 rings (SSSR count). The summed E-state index contributed by atoms with van der Waals surface area (Å²) in [7, 11) is 0. The van der Waals surface area contributed by atoms with Gasteiger partial charge in [-0.1, -0.05) is 11.6 Å². The molecule has 2 aromatic rings. The summed E-state index contributed by atoms with van der Waals surface area (Å²) in [5, 5.41) is 5.51. The van der Waals surface area contributed by atoms with Gasteiger partial charge in [-0.15, -0.1) is 0 Å². The number of benzene rings is 2. The predicted molar refractivity (Wildman–Crippen MR) is 94.6 cm³/mol. The fourth-order valence-corrected chi connectivity index (χ4v) is 2.34. The van der Waals surface area contributed by atoms with Crippen molar-refractivity contribution >= 4 is 34.7 Å². The number of hydrogen-bond acceptors (Lipinski definition) is 3. The molecule has 0 aliphatic heterocycles.